The van der Waals surface area contributed by atoms with Crippen LogP contribution in [0.4, 0.5) is 4.39 Å². The minimum absolute atomic E-state index is 0.0873. The summed E-state index contributed by atoms with van der Waals surface area (Å²) in [5.74, 6) is 0.144. The summed E-state index contributed by atoms with van der Waals surface area (Å²) < 4.78 is 13.7. The second-order valence-corrected chi connectivity index (χ2v) is 5.16. The fourth-order valence-corrected chi connectivity index (χ4v) is 2.61. The van der Waals surface area contributed by atoms with Crippen molar-refractivity contribution in [3.63, 3.8) is 0 Å². The van der Waals surface area contributed by atoms with E-state index in [0.29, 0.717) is 42.4 Å². The highest BCUT2D eigenvalue weighted by molar-refractivity contribution is 6.31. The van der Waals surface area contributed by atoms with Crippen LogP contribution in [0.15, 0.2) is 18.2 Å². The van der Waals surface area contributed by atoms with Crippen LogP contribution in [0.5, 0.6) is 0 Å². The van der Waals surface area contributed by atoms with E-state index in [9.17, 15) is 9.18 Å². The quantitative estimate of drug-likeness (QED) is 0.839. The van der Waals surface area contributed by atoms with Gasteiger partial charge in [0.15, 0.2) is 0 Å². The molecule has 0 spiro atoms. The van der Waals surface area contributed by atoms with Crippen molar-refractivity contribution in [1.29, 1.82) is 0 Å². The lowest BCUT2D eigenvalue weighted by Crippen LogP contribution is -2.40. The van der Waals surface area contributed by atoms with E-state index in [4.69, 9.17) is 11.6 Å². The van der Waals surface area contributed by atoms with Crippen molar-refractivity contribution in [2.75, 3.05) is 13.1 Å². The fraction of sp³-hybridized carbons (Fsp3) is 0.500. The van der Waals surface area contributed by atoms with Crippen molar-refractivity contribution < 1.29 is 9.18 Å². The number of piperidine rings is 1. The maximum absolute atomic E-state index is 13.7. The van der Waals surface area contributed by atoms with E-state index in [1.54, 1.807) is 12.1 Å². The fourth-order valence-electron chi connectivity index (χ4n) is 2.38. The van der Waals surface area contributed by atoms with Crippen LogP contribution >= 0.6 is 11.6 Å². The second-order valence-electron chi connectivity index (χ2n) is 4.76. The topological polar surface area (TPSA) is 20.3 Å². The summed E-state index contributed by atoms with van der Waals surface area (Å²) in [5.41, 5.74) is 0.531. The van der Waals surface area contributed by atoms with E-state index in [-0.39, 0.29) is 11.7 Å². The average molecular weight is 270 g/mol. The molecule has 1 saturated heterocycles. The van der Waals surface area contributed by atoms with Crippen LogP contribution < -0.4 is 0 Å². The molecule has 1 unspecified atom stereocenters. The molecule has 0 aromatic heterocycles. The maximum atomic E-state index is 13.7. The van der Waals surface area contributed by atoms with Crippen LogP contribution in [0.25, 0.3) is 0 Å². The summed E-state index contributed by atoms with van der Waals surface area (Å²) in [6, 6.07) is 4.73. The zero-order valence-corrected chi connectivity index (χ0v) is 11.2. The van der Waals surface area contributed by atoms with E-state index in [0.717, 1.165) is 6.42 Å². The van der Waals surface area contributed by atoms with Gasteiger partial charge in [0.1, 0.15) is 11.6 Å². The Bertz CT molecular complexity index is 429. The average Bonchev–Trinajstić information content (AvgIpc) is 2.36. The van der Waals surface area contributed by atoms with Crippen molar-refractivity contribution in [2.24, 2.45) is 5.92 Å². The van der Waals surface area contributed by atoms with Gasteiger partial charge in [-0.1, -0.05) is 24.6 Å². The SMILES string of the molecule is CCC1CN(Cc2c(F)cccc2Cl)CCC1=O. The predicted octanol–water partition coefficient (Wildman–Crippen LogP) is 3.28. The highest BCUT2D eigenvalue weighted by Gasteiger charge is 2.26. The summed E-state index contributed by atoms with van der Waals surface area (Å²) in [7, 11) is 0. The molecule has 1 atom stereocenters. The monoisotopic (exact) mass is 269 g/mol. The number of hydrogen-bond acceptors (Lipinski definition) is 2. The standard InChI is InChI=1S/C14H17ClFNO/c1-2-10-8-17(7-6-14(10)18)9-11-12(15)4-3-5-13(11)16/h3-5,10H,2,6-9H2,1H3. The van der Waals surface area contributed by atoms with Crippen LogP contribution in [0.3, 0.4) is 0 Å². The number of carbonyl (C=O) groups excluding carboxylic acids is 1. The minimum atomic E-state index is -0.271. The molecule has 1 aliphatic heterocycles. The number of Topliss-reactive ketones (excluding diaryl/α,β-unsaturated/α-hetero) is 1. The number of likely N-dealkylation sites (tertiary alicyclic amines) is 1. The van der Waals surface area contributed by atoms with Gasteiger partial charge in [-0.2, -0.15) is 0 Å². The van der Waals surface area contributed by atoms with E-state index < -0.39 is 0 Å². The van der Waals surface area contributed by atoms with E-state index in [1.165, 1.54) is 6.07 Å². The molecule has 0 radical (unpaired) electrons. The Morgan fingerprint density at radius 1 is 1.50 bits per heavy atom. The summed E-state index contributed by atoms with van der Waals surface area (Å²) in [5, 5.41) is 0.458. The zero-order chi connectivity index (χ0) is 13.1. The minimum Gasteiger partial charge on any atom is -0.299 e. The van der Waals surface area contributed by atoms with Crippen LogP contribution in [-0.2, 0) is 11.3 Å². The number of carbonyl (C=O) groups is 1. The molecule has 4 heteroatoms. The molecule has 1 fully saturated rings. The third-order valence-corrected chi connectivity index (χ3v) is 3.90. The summed E-state index contributed by atoms with van der Waals surface area (Å²) in [6.07, 6.45) is 1.41. The lowest BCUT2D eigenvalue weighted by Gasteiger charge is -2.31. The highest BCUT2D eigenvalue weighted by Crippen LogP contribution is 2.23. The molecule has 0 aliphatic carbocycles. The van der Waals surface area contributed by atoms with Gasteiger partial charge in [0.2, 0.25) is 0 Å². The van der Waals surface area contributed by atoms with Gasteiger partial charge in [-0.25, -0.2) is 4.39 Å². The summed E-state index contributed by atoms with van der Waals surface area (Å²) >= 11 is 6.01. The zero-order valence-electron chi connectivity index (χ0n) is 10.5. The first-order chi connectivity index (χ1) is 8.61. The highest BCUT2D eigenvalue weighted by atomic mass is 35.5. The number of nitrogens with zero attached hydrogens (tertiary/aromatic N) is 1. The molecule has 0 bridgehead atoms. The van der Waals surface area contributed by atoms with Gasteiger partial charge >= 0.3 is 0 Å². The molecule has 18 heavy (non-hydrogen) atoms. The van der Waals surface area contributed by atoms with Crippen LogP contribution in [0.1, 0.15) is 25.3 Å². The van der Waals surface area contributed by atoms with Gasteiger partial charge in [-0.05, 0) is 18.6 Å². The number of benzene rings is 1. The summed E-state index contributed by atoms with van der Waals surface area (Å²) in [4.78, 5) is 13.7. The lowest BCUT2D eigenvalue weighted by molar-refractivity contribution is -0.126. The molecule has 2 rings (SSSR count). The Balaban J connectivity index is 2.08. The predicted molar refractivity (Wildman–Crippen MR) is 70.1 cm³/mol. The van der Waals surface area contributed by atoms with Crippen LogP contribution in [0.2, 0.25) is 5.02 Å². The van der Waals surface area contributed by atoms with E-state index in [2.05, 4.69) is 4.90 Å². The van der Waals surface area contributed by atoms with Crippen LogP contribution in [-0.4, -0.2) is 23.8 Å². The van der Waals surface area contributed by atoms with Gasteiger partial charge in [0.25, 0.3) is 0 Å². The van der Waals surface area contributed by atoms with E-state index >= 15 is 0 Å². The molecule has 0 amide bonds. The van der Waals surface area contributed by atoms with Gasteiger partial charge in [-0.3, -0.25) is 9.69 Å². The third kappa shape index (κ3) is 2.90. The molecule has 0 N–H and O–H groups in total. The molecule has 1 aromatic rings. The largest absolute Gasteiger partial charge is 0.299 e. The van der Waals surface area contributed by atoms with Crippen LogP contribution in [0, 0.1) is 11.7 Å². The van der Waals surface area contributed by atoms with Crippen molar-refractivity contribution in [3.05, 3.63) is 34.6 Å². The molecule has 2 nitrogen and oxygen atoms in total. The molecular weight excluding hydrogens is 253 g/mol. The van der Waals surface area contributed by atoms with Gasteiger partial charge in [0.05, 0.1) is 0 Å². The van der Waals surface area contributed by atoms with Gasteiger partial charge < -0.3 is 0 Å². The Morgan fingerprint density at radius 3 is 2.94 bits per heavy atom. The lowest BCUT2D eigenvalue weighted by atomic mass is 9.94. The van der Waals surface area contributed by atoms with E-state index in [1.807, 2.05) is 6.92 Å². The molecule has 1 aliphatic rings. The Hall–Kier alpha value is -0.930. The molecule has 1 heterocycles. The Labute approximate surface area is 112 Å². The first-order valence-electron chi connectivity index (χ1n) is 6.29. The van der Waals surface area contributed by atoms with Gasteiger partial charge in [0, 0.05) is 42.6 Å². The molecule has 98 valence electrons. The van der Waals surface area contributed by atoms with Crippen molar-refractivity contribution in [2.45, 2.75) is 26.3 Å². The number of halogens is 2. The smallest absolute Gasteiger partial charge is 0.138 e. The number of ketones is 1. The normalized spacial score (nSPS) is 21.3. The van der Waals surface area contributed by atoms with Gasteiger partial charge in [-0.15, -0.1) is 0 Å². The first-order valence-corrected chi connectivity index (χ1v) is 6.67. The Morgan fingerprint density at radius 2 is 2.28 bits per heavy atom. The van der Waals surface area contributed by atoms with Crippen molar-refractivity contribution >= 4 is 17.4 Å². The molecule has 0 saturated carbocycles. The number of rotatable bonds is 3. The third-order valence-electron chi connectivity index (χ3n) is 3.54. The maximum Gasteiger partial charge on any atom is 0.138 e. The van der Waals surface area contributed by atoms with Crippen molar-refractivity contribution in [1.82, 2.24) is 4.90 Å². The first kappa shape index (κ1) is 13.5. The summed E-state index contributed by atoms with van der Waals surface area (Å²) in [6.45, 7) is 3.90. The molecule has 1 aromatic carbocycles. The van der Waals surface area contributed by atoms with Crippen molar-refractivity contribution in [3.8, 4) is 0 Å². The second kappa shape index (κ2) is 5.81. The Kier molecular flexibility index (Phi) is 4.36. The molecular formula is C14H17ClFNO. The number of hydrogen-bond donors (Lipinski definition) is 0.